The molecule has 162 valence electrons. The normalized spacial score (nSPS) is 15.1. The Morgan fingerprint density at radius 1 is 1.00 bits per heavy atom. The number of carbonyl (C=O) groups is 1. The zero-order valence-corrected chi connectivity index (χ0v) is 18.5. The van der Waals surface area contributed by atoms with E-state index in [2.05, 4.69) is 28.1 Å². The predicted octanol–water partition coefficient (Wildman–Crippen LogP) is 3.33. The molecule has 0 saturated carbocycles. The van der Waals surface area contributed by atoms with Crippen LogP contribution in [0.5, 0.6) is 11.5 Å². The van der Waals surface area contributed by atoms with E-state index < -0.39 is 0 Å². The van der Waals surface area contributed by atoms with Gasteiger partial charge in [-0.15, -0.1) is 0 Å². The largest absolute Gasteiger partial charge is 0.497 e. The molecule has 1 N–H and O–H groups in total. The summed E-state index contributed by atoms with van der Waals surface area (Å²) in [6, 6.07) is 12.1. The lowest BCUT2D eigenvalue weighted by molar-refractivity contribution is -0.117. The van der Waals surface area contributed by atoms with Gasteiger partial charge in [0.05, 0.1) is 20.8 Å². The van der Waals surface area contributed by atoms with Gasteiger partial charge in [-0.3, -0.25) is 14.6 Å². The Labute approximate surface area is 179 Å². The molecule has 1 aliphatic rings. The van der Waals surface area contributed by atoms with Gasteiger partial charge in [0.1, 0.15) is 11.5 Å². The molecule has 0 spiro atoms. The SMILES string of the molecule is CCc1cccc(C)c1NC(=O)CN1CCN(Cc2cc(OC)ccc2OC)CC1. The van der Waals surface area contributed by atoms with Crippen LogP contribution in [0.2, 0.25) is 0 Å². The highest BCUT2D eigenvalue weighted by molar-refractivity contribution is 5.93. The fourth-order valence-electron chi connectivity index (χ4n) is 3.94. The fraction of sp³-hybridized carbons (Fsp3) is 0.458. The van der Waals surface area contributed by atoms with Crippen LogP contribution in [-0.4, -0.2) is 62.7 Å². The number of amides is 1. The van der Waals surface area contributed by atoms with E-state index in [9.17, 15) is 4.79 Å². The summed E-state index contributed by atoms with van der Waals surface area (Å²) in [7, 11) is 3.37. The molecule has 2 aromatic rings. The van der Waals surface area contributed by atoms with Crippen LogP contribution in [0.4, 0.5) is 5.69 Å². The minimum atomic E-state index is 0.0573. The topological polar surface area (TPSA) is 54.0 Å². The predicted molar refractivity (Wildman–Crippen MR) is 120 cm³/mol. The maximum atomic E-state index is 12.6. The molecule has 1 aliphatic heterocycles. The van der Waals surface area contributed by atoms with Gasteiger partial charge >= 0.3 is 0 Å². The first kappa shape index (κ1) is 22.1. The monoisotopic (exact) mass is 411 g/mol. The molecule has 3 rings (SSSR count). The molecule has 6 nitrogen and oxygen atoms in total. The van der Waals surface area contributed by atoms with Gasteiger partial charge < -0.3 is 14.8 Å². The first-order valence-corrected chi connectivity index (χ1v) is 10.6. The average Bonchev–Trinajstić information content (AvgIpc) is 2.76. The third kappa shape index (κ3) is 5.52. The van der Waals surface area contributed by atoms with E-state index in [0.717, 1.165) is 67.5 Å². The molecule has 1 heterocycles. The number of rotatable bonds is 8. The van der Waals surface area contributed by atoms with Crippen molar-refractivity contribution < 1.29 is 14.3 Å². The minimum Gasteiger partial charge on any atom is -0.497 e. The molecule has 0 aliphatic carbocycles. The smallest absolute Gasteiger partial charge is 0.238 e. The molecule has 0 atom stereocenters. The molecular weight excluding hydrogens is 378 g/mol. The lowest BCUT2D eigenvalue weighted by atomic mass is 10.1. The number of aryl methyl sites for hydroxylation is 2. The summed E-state index contributed by atoms with van der Waals surface area (Å²) in [5.41, 5.74) is 4.38. The molecule has 0 unspecified atom stereocenters. The molecule has 2 aromatic carbocycles. The number of nitrogens with zero attached hydrogens (tertiary/aromatic N) is 2. The van der Waals surface area contributed by atoms with Gasteiger partial charge in [0.2, 0.25) is 5.91 Å². The van der Waals surface area contributed by atoms with E-state index in [1.807, 2.05) is 37.3 Å². The van der Waals surface area contributed by atoms with Gasteiger partial charge in [-0.1, -0.05) is 25.1 Å². The van der Waals surface area contributed by atoms with Gasteiger partial charge in [0.25, 0.3) is 0 Å². The van der Waals surface area contributed by atoms with E-state index in [1.165, 1.54) is 5.56 Å². The fourth-order valence-corrected chi connectivity index (χ4v) is 3.94. The van der Waals surface area contributed by atoms with Crippen LogP contribution in [0.1, 0.15) is 23.6 Å². The number of anilines is 1. The Hall–Kier alpha value is -2.57. The van der Waals surface area contributed by atoms with Crippen LogP contribution in [-0.2, 0) is 17.8 Å². The zero-order valence-electron chi connectivity index (χ0n) is 18.5. The number of nitrogens with one attached hydrogen (secondary N) is 1. The lowest BCUT2D eigenvalue weighted by Gasteiger charge is -2.34. The lowest BCUT2D eigenvalue weighted by Crippen LogP contribution is -2.48. The second-order valence-corrected chi connectivity index (χ2v) is 7.74. The molecular formula is C24H33N3O3. The number of ether oxygens (including phenoxy) is 2. The van der Waals surface area contributed by atoms with Crippen molar-refractivity contribution in [3.05, 3.63) is 53.1 Å². The van der Waals surface area contributed by atoms with E-state index in [0.29, 0.717) is 6.54 Å². The maximum Gasteiger partial charge on any atom is 0.238 e. The van der Waals surface area contributed by atoms with Crippen molar-refractivity contribution >= 4 is 11.6 Å². The summed E-state index contributed by atoms with van der Waals surface area (Å²) in [4.78, 5) is 17.2. The van der Waals surface area contributed by atoms with Crippen LogP contribution in [0.15, 0.2) is 36.4 Å². The van der Waals surface area contributed by atoms with E-state index in [4.69, 9.17) is 9.47 Å². The van der Waals surface area contributed by atoms with Gasteiger partial charge in [-0.2, -0.15) is 0 Å². The number of benzene rings is 2. The summed E-state index contributed by atoms with van der Waals surface area (Å²) in [6.45, 7) is 8.96. The molecule has 1 amide bonds. The second kappa shape index (κ2) is 10.5. The van der Waals surface area contributed by atoms with Gasteiger partial charge in [-0.05, 0) is 42.7 Å². The Kier molecular flexibility index (Phi) is 7.71. The zero-order chi connectivity index (χ0) is 21.5. The van der Waals surface area contributed by atoms with Crippen molar-refractivity contribution in [1.29, 1.82) is 0 Å². The van der Waals surface area contributed by atoms with Crippen molar-refractivity contribution in [1.82, 2.24) is 9.80 Å². The number of hydrogen-bond donors (Lipinski definition) is 1. The summed E-state index contributed by atoms with van der Waals surface area (Å²) >= 11 is 0. The number of hydrogen-bond acceptors (Lipinski definition) is 5. The Bertz CT molecular complexity index is 861. The number of carbonyl (C=O) groups excluding carboxylic acids is 1. The quantitative estimate of drug-likeness (QED) is 0.722. The van der Waals surface area contributed by atoms with Crippen molar-refractivity contribution in [2.75, 3.05) is 52.3 Å². The number of para-hydroxylation sites is 1. The number of piperazine rings is 1. The molecule has 6 heteroatoms. The first-order valence-electron chi connectivity index (χ1n) is 10.6. The summed E-state index contributed by atoms with van der Waals surface area (Å²) in [5, 5.41) is 3.13. The average molecular weight is 412 g/mol. The van der Waals surface area contributed by atoms with Crippen LogP contribution in [0.3, 0.4) is 0 Å². The van der Waals surface area contributed by atoms with Gasteiger partial charge in [-0.25, -0.2) is 0 Å². The third-order valence-electron chi connectivity index (χ3n) is 5.72. The third-order valence-corrected chi connectivity index (χ3v) is 5.72. The molecule has 0 bridgehead atoms. The molecule has 0 aromatic heterocycles. The highest BCUT2D eigenvalue weighted by atomic mass is 16.5. The van der Waals surface area contributed by atoms with Crippen LogP contribution >= 0.6 is 0 Å². The van der Waals surface area contributed by atoms with Crippen molar-refractivity contribution in [3.63, 3.8) is 0 Å². The van der Waals surface area contributed by atoms with Gasteiger partial charge in [0, 0.05) is 44.0 Å². The van der Waals surface area contributed by atoms with Crippen LogP contribution in [0, 0.1) is 6.92 Å². The summed E-state index contributed by atoms with van der Waals surface area (Å²) < 4.78 is 10.9. The van der Waals surface area contributed by atoms with Crippen molar-refractivity contribution in [3.8, 4) is 11.5 Å². The van der Waals surface area contributed by atoms with Crippen LogP contribution < -0.4 is 14.8 Å². The molecule has 30 heavy (non-hydrogen) atoms. The molecule has 1 fully saturated rings. The van der Waals surface area contributed by atoms with E-state index in [1.54, 1.807) is 14.2 Å². The Morgan fingerprint density at radius 3 is 2.40 bits per heavy atom. The minimum absolute atomic E-state index is 0.0573. The van der Waals surface area contributed by atoms with E-state index in [-0.39, 0.29) is 5.91 Å². The Morgan fingerprint density at radius 2 is 1.73 bits per heavy atom. The van der Waals surface area contributed by atoms with Gasteiger partial charge in [0.15, 0.2) is 0 Å². The Balaban J connectivity index is 1.52. The summed E-state index contributed by atoms with van der Waals surface area (Å²) in [6.07, 6.45) is 0.906. The maximum absolute atomic E-state index is 12.6. The summed E-state index contributed by atoms with van der Waals surface area (Å²) in [5.74, 6) is 1.77. The second-order valence-electron chi connectivity index (χ2n) is 7.74. The van der Waals surface area contributed by atoms with Crippen molar-refractivity contribution in [2.24, 2.45) is 0 Å². The highest BCUT2D eigenvalue weighted by Crippen LogP contribution is 2.26. The van der Waals surface area contributed by atoms with E-state index >= 15 is 0 Å². The van der Waals surface area contributed by atoms with Crippen LogP contribution in [0.25, 0.3) is 0 Å². The first-order chi connectivity index (χ1) is 14.5. The van der Waals surface area contributed by atoms with Crippen molar-refractivity contribution in [2.45, 2.75) is 26.8 Å². The standard InChI is InChI=1S/C24H33N3O3/c1-5-19-8-6-7-18(2)24(19)25-23(28)17-27-13-11-26(12-14-27)16-20-15-21(29-3)9-10-22(20)30-4/h6-10,15H,5,11-14,16-17H2,1-4H3,(H,25,28). The highest BCUT2D eigenvalue weighted by Gasteiger charge is 2.21. The molecule has 1 saturated heterocycles. The molecule has 0 radical (unpaired) electrons. The number of methoxy groups -OCH3 is 2.